The average molecular weight is 573 g/mol. The van der Waals surface area contributed by atoms with Gasteiger partial charge in [-0.25, -0.2) is 9.59 Å². The van der Waals surface area contributed by atoms with Gasteiger partial charge in [-0.15, -0.1) is 9.81 Å². The van der Waals surface area contributed by atoms with Crippen molar-refractivity contribution in [1.29, 1.82) is 0 Å². The molecule has 2 rings (SSSR count). The van der Waals surface area contributed by atoms with Gasteiger partial charge in [0.05, 0.1) is 0 Å². The number of hydrogen-bond acceptors (Lipinski definition) is 12. The second kappa shape index (κ2) is 14.9. The summed E-state index contributed by atoms with van der Waals surface area (Å²) in [6.45, 7) is 3.80. The topological polar surface area (TPSA) is 220 Å². The number of carboxylic acids is 2. The molecule has 2 aromatic carbocycles. The van der Waals surface area contributed by atoms with Crippen LogP contribution in [0.1, 0.15) is 54.8 Å². The molecule has 0 aliphatic rings. The van der Waals surface area contributed by atoms with Crippen LogP contribution in [0.4, 0.5) is 0 Å². The number of benzene rings is 2. The highest BCUT2D eigenvalue weighted by atomic mass is 16.5. The van der Waals surface area contributed by atoms with Crippen LogP contribution in [0.25, 0.3) is 0 Å². The molecule has 2 aromatic rings. The highest BCUT2D eigenvalue weighted by Gasteiger charge is 2.41. The van der Waals surface area contributed by atoms with Gasteiger partial charge < -0.3 is 19.7 Å². The van der Waals surface area contributed by atoms with Crippen LogP contribution in [0.2, 0.25) is 0 Å². The second-order valence-electron chi connectivity index (χ2n) is 8.95. The van der Waals surface area contributed by atoms with Crippen molar-refractivity contribution in [1.82, 2.24) is 0 Å². The smallest absolute Gasteiger partial charge is 0.339 e. The Bertz CT molecular complexity index is 1350. The van der Waals surface area contributed by atoms with Gasteiger partial charge in [0.1, 0.15) is 29.2 Å². The molecular weight excluding hydrogens is 544 g/mol. The summed E-state index contributed by atoms with van der Waals surface area (Å²) in [5.74, 6) is -5.83. The zero-order valence-electron chi connectivity index (χ0n) is 22.6. The molecule has 0 aliphatic carbocycles. The number of nitroso groups, excluding NO2 is 2. The highest BCUT2D eigenvalue weighted by molar-refractivity contribution is 6.41. The van der Waals surface area contributed by atoms with Gasteiger partial charge >= 0.3 is 11.9 Å². The van der Waals surface area contributed by atoms with Crippen molar-refractivity contribution in [3.05, 3.63) is 69.5 Å². The Morgan fingerprint density at radius 2 is 1.15 bits per heavy atom. The van der Waals surface area contributed by atoms with E-state index in [9.17, 15) is 38.6 Å². The number of aromatic carboxylic acids is 2. The fourth-order valence-corrected chi connectivity index (χ4v) is 3.02. The van der Waals surface area contributed by atoms with E-state index in [0.29, 0.717) is 0 Å². The van der Waals surface area contributed by atoms with Crippen molar-refractivity contribution < 1.29 is 48.5 Å². The Morgan fingerprint density at radius 3 is 1.54 bits per heavy atom. The molecule has 0 fully saturated rings. The monoisotopic (exact) mass is 572 g/mol. The Labute approximate surface area is 233 Å². The zero-order chi connectivity index (χ0) is 31.4. The Kier molecular flexibility index (Phi) is 12.3. The zero-order valence-corrected chi connectivity index (χ0v) is 22.6. The number of rotatable bonds is 15. The lowest BCUT2D eigenvalue weighted by Gasteiger charge is -2.18. The van der Waals surface area contributed by atoms with Crippen LogP contribution in [0.3, 0.4) is 0 Å². The molecule has 41 heavy (non-hydrogen) atoms. The standard InChI is InChI=1S/C14H15NO6.C13H13NO6/c1-3-11(16)14(2,15-20)12(17)8-21-10-7-5-4-6-9(10)13(18)19;1-13(2,14-19)11(16)9(15)7-20-10-6-4-3-5-8(10)12(17)18/h4-7H,3,8H2,1-2H3,(H,18,19);3-6H,7H2,1-2H3,(H,17,18). The van der Waals surface area contributed by atoms with Crippen molar-refractivity contribution in [2.24, 2.45) is 10.4 Å². The number of ketones is 4. The molecule has 1 atom stereocenters. The summed E-state index contributed by atoms with van der Waals surface area (Å²) in [4.78, 5) is 89.9. The van der Waals surface area contributed by atoms with Gasteiger partial charge in [-0.3, -0.25) is 19.2 Å². The van der Waals surface area contributed by atoms with Gasteiger partial charge in [-0.05, 0) is 50.2 Å². The van der Waals surface area contributed by atoms with E-state index in [4.69, 9.17) is 19.7 Å². The minimum atomic E-state index is -2.01. The van der Waals surface area contributed by atoms with Crippen LogP contribution >= 0.6 is 0 Å². The molecule has 0 heterocycles. The predicted octanol–water partition coefficient (Wildman–Crippen LogP) is 3.28. The summed E-state index contributed by atoms with van der Waals surface area (Å²) < 4.78 is 10.1. The van der Waals surface area contributed by atoms with E-state index in [1.54, 1.807) is 6.07 Å². The number of carbonyl (C=O) groups is 6. The van der Waals surface area contributed by atoms with E-state index < -0.39 is 59.4 Å². The maximum absolute atomic E-state index is 12.0. The Hall–Kier alpha value is -5.14. The number of ether oxygens (including phenoxy) is 2. The number of nitrogens with zero attached hydrogens (tertiary/aromatic N) is 2. The van der Waals surface area contributed by atoms with Crippen LogP contribution in [-0.4, -0.2) is 69.6 Å². The van der Waals surface area contributed by atoms with Crippen LogP contribution < -0.4 is 9.47 Å². The first-order valence-electron chi connectivity index (χ1n) is 11.9. The van der Waals surface area contributed by atoms with Gasteiger partial charge in [0, 0.05) is 6.42 Å². The van der Waals surface area contributed by atoms with E-state index in [1.807, 2.05) is 0 Å². The van der Waals surface area contributed by atoms with E-state index in [2.05, 4.69) is 10.4 Å². The minimum Gasteiger partial charge on any atom is -0.485 e. The molecule has 218 valence electrons. The average Bonchev–Trinajstić information content (AvgIpc) is 2.97. The molecule has 14 heteroatoms. The largest absolute Gasteiger partial charge is 0.485 e. The molecule has 14 nitrogen and oxygen atoms in total. The summed E-state index contributed by atoms with van der Waals surface area (Å²) >= 11 is 0. The Morgan fingerprint density at radius 1 is 0.707 bits per heavy atom. The molecule has 0 bridgehead atoms. The number of para-hydroxylation sites is 2. The Balaban J connectivity index is 0.000000410. The molecule has 0 saturated heterocycles. The molecule has 0 radical (unpaired) electrons. The summed E-state index contributed by atoms with van der Waals surface area (Å²) in [6, 6.07) is 11.5. The lowest BCUT2D eigenvalue weighted by molar-refractivity contribution is -0.140. The number of carboxylic acid groups (broad SMARTS) is 2. The number of hydrogen-bond donors (Lipinski definition) is 2. The predicted molar refractivity (Wildman–Crippen MR) is 142 cm³/mol. The first kappa shape index (κ1) is 33.9. The van der Waals surface area contributed by atoms with Gasteiger partial charge in [-0.1, -0.05) is 36.4 Å². The molecule has 1 unspecified atom stereocenters. The van der Waals surface area contributed by atoms with E-state index in [0.717, 1.165) is 6.92 Å². The lowest BCUT2D eigenvalue weighted by Crippen LogP contribution is -2.44. The van der Waals surface area contributed by atoms with Crippen molar-refractivity contribution in [2.45, 2.75) is 45.2 Å². The van der Waals surface area contributed by atoms with Gasteiger partial charge in [-0.2, -0.15) is 0 Å². The maximum Gasteiger partial charge on any atom is 0.339 e. The number of carbonyl (C=O) groups excluding carboxylic acids is 4. The third-order valence-electron chi connectivity index (χ3n) is 5.58. The summed E-state index contributed by atoms with van der Waals surface area (Å²) in [6.07, 6.45) is -0.0142. The highest BCUT2D eigenvalue weighted by Crippen LogP contribution is 2.21. The fourth-order valence-electron chi connectivity index (χ4n) is 3.02. The molecule has 0 aliphatic heterocycles. The third kappa shape index (κ3) is 8.95. The fraction of sp³-hybridized carbons (Fsp3) is 0.333. The van der Waals surface area contributed by atoms with Crippen molar-refractivity contribution in [3.63, 3.8) is 0 Å². The quantitative estimate of drug-likeness (QED) is 0.178. The van der Waals surface area contributed by atoms with Crippen LogP contribution in [0.5, 0.6) is 11.5 Å². The lowest BCUT2D eigenvalue weighted by atomic mass is 9.91. The molecule has 0 amide bonds. The van der Waals surface area contributed by atoms with Crippen molar-refractivity contribution in [2.75, 3.05) is 13.2 Å². The van der Waals surface area contributed by atoms with Crippen LogP contribution in [-0.2, 0) is 19.2 Å². The minimum absolute atomic E-state index is 0.0142. The summed E-state index contributed by atoms with van der Waals surface area (Å²) in [5, 5.41) is 23.1. The molecule has 0 aromatic heterocycles. The van der Waals surface area contributed by atoms with Gasteiger partial charge in [0.25, 0.3) is 0 Å². The normalized spacial score (nSPS) is 11.9. The maximum atomic E-state index is 12.0. The van der Waals surface area contributed by atoms with Crippen LogP contribution in [0.15, 0.2) is 58.9 Å². The SMILES string of the molecule is CC(C)(N=O)C(=O)C(=O)COc1ccccc1C(=O)O.CCC(=O)C(C)(N=O)C(=O)COc1ccccc1C(=O)O. The second-order valence-corrected chi connectivity index (χ2v) is 8.95. The van der Waals surface area contributed by atoms with Gasteiger partial charge in [0.2, 0.25) is 22.9 Å². The van der Waals surface area contributed by atoms with E-state index >= 15 is 0 Å². The summed E-state index contributed by atoms with van der Waals surface area (Å²) in [5.41, 5.74) is -3.91. The first-order chi connectivity index (χ1) is 19.2. The molecule has 0 saturated carbocycles. The molecule has 2 N–H and O–H groups in total. The first-order valence-corrected chi connectivity index (χ1v) is 11.9. The molecule has 0 spiro atoms. The third-order valence-corrected chi connectivity index (χ3v) is 5.58. The van der Waals surface area contributed by atoms with Crippen molar-refractivity contribution in [3.8, 4) is 11.5 Å². The van der Waals surface area contributed by atoms with Gasteiger partial charge in [0.15, 0.2) is 17.9 Å². The van der Waals surface area contributed by atoms with E-state index in [-0.39, 0.29) is 29.0 Å². The number of Topliss-reactive ketones (excluding diaryl/α,β-unsaturated/α-hetero) is 4. The van der Waals surface area contributed by atoms with Crippen LogP contribution in [0, 0.1) is 9.81 Å². The van der Waals surface area contributed by atoms with E-state index in [1.165, 1.54) is 63.2 Å². The molecular formula is C27H28N2O12. The summed E-state index contributed by atoms with van der Waals surface area (Å²) in [7, 11) is 0. The van der Waals surface area contributed by atoms with Crippen molar-refractivity contribution >= 4 is 35.1 Å².